The van der Waals surface area contributed by atoms with E-state index in [0.29, 0.717) is 0 Å². The summed E-state index contributed by atoms with van der Waals surface area (Å²) >= 11 is 0. The molecule has 0 aliphatic heterocycles. The van der Waals surface area contributed by atoms with Gasteiger partial charge in [-0.1, -0.05) is 26.5 Å². The van der Waals surface area contributed by atoms with Gasteiger partial charge in [-0.2, -0.15) is 0 Å². The average Bonchev–Trinajstić information content (AvgIpc) is 1.71. The van der Waals surface area contributed by atoms with Crippen molar-refractivity contribution >= 4 is 7.28 Å². The van der Waals surface area contributed by atoms with Crippen LogP contribution in [0.3, 0.4) is 0 Å². The second kappa shape index (κ2) is 15.7. The fourth-order valence-corrected chi connectivity index (χ4v) is 0.354. The summed E-state index contributed by atoms with van der Waals surface area (Å²) in [6.07, 6.45) is 2.69. The predicted molar refractivity (Wildman–Crippen MR) is 40.9 cm³/mol. The standard InChI is InChI=1S/C4H11B.C2H6O/c1-3-5-4-2;1-2-3/h5H,3-4H2,1-2H3;3H,2H2,1H3. The van der Waals surface area contributed by atoms with Crippen LogP contribution in [0.25, 0.3) is 0 Å². The van der Waals surface area contributed by atoms with Gasteiger partial charge in [0.2, 0.25) is 0 Å². The summed E-state index contributed by atoms with van der Waals surface area (Å²) < 4.78 is 0. The van der Waals surface area contributed by atoms with Crippen LogP contribution in [0.4, 0.5) is 0 Å². The quantitative estimate of drug-likeness (QED) is 0.539. The van der Waals surface area contributed by atoms with E-state index in [1.807, 2.05) is 0 Å². The van der Waals surface area contributed by atoms with Crippen molar-refractivity contribution in [2.75, 3.05) is 6.61 Å². The molecule has 0 fully saturated rings. The Morgan fingerprint density at radius 3 is 1.38 bits per heavy atom. The third-order valence-electron chi connectivity index (χ3n) is 0.707. The first-order valence-corrected chi connectivity index (χ1v) is 3.44. The largest absolute Gasteiger partial charge is 0.397 e. The third kappa shape index (κ3) is 37.1. The second-order valence-electron chi connectivity index (χ2n) is 1.67. The topological polar surface area (TPSA) is 20.2 Å². The molecule has 0 amide bonds. The maximum absolute atomic E-state index is 7.57. The summed E-state index contributed by atoms with van der Waals surface area (Å²) in [6, 6.07) is 0. The van der Waals surface area contributed by atoms with Crippen molar-refractivity contribution < 1.29 is 5.11 Å². The fourth-order valence-electron chi connectivity index (χ4n) is 0.354. The lowest BCUT2D eigenvalue weighted by Crippen LogP contribution is -1.76. The van der Waals surface area contributed by atoms with Crippen molar-refractivity contribution in [1.29, 1.82) is 0 Å². The third-order valence-corrected chi connectivity index (χ3v) is 0.707. The normalized spacial score (nSPS) is 7.00. The molecule has 1 nitrogen and oxygen atoms in total. The predicted octanol–water partition coefficient (Wildman–Crippen LogP) is 1.30. The van der Waals surface area contributed by atoms with E-state index in [0.717, 1.165) is 0 Å². The van der Waals surface area contributed by atoms with Gasteiger partial charge in [0.05, 0.1) is 0 Å². The van der Waals surface area contributed by atoms with Crippen LogP contribution in [0, 0.1) is 0 Å². The van der Waals surface area contributed by atoms with E-state index in [4.69, 9.17) is 5.11 Å². The first-order chi connectivity index (χ1) is 3.83. The van der Waals surface area contributed by atoms with Gasteiger partial charge in [-0.05, 0) is 6.92 Å². The fraction of sp³-hybridized carbons (Fsp3) is 1.00. The van der Waals surface area contributed by atoms with Gasteiger partial charge in [0, 0.05) is 6.61 Å². The van der Waals surface area contributed by atoms with E-state index in [2.05, 4.69) is 13.8 Å². The summed E-state index contributed by atoms with van der Waals surface area (Å²) in [5, 5.41) is 7.57. The summed E-state index contributed by atoms with van der Waals surface area (Å²) in [5.41, 5.74) is 0. The number of rotatable bonds is 2. The lowest BCUT2D eigenvalue weighted by atomic mass is 9.73. The van der Waals surface area contributed by atoms with Crippen LogP contribution in [0.5, 0.6) is 0 Å². The molecule has 1 N–H and O–H groups in total. The Morgan fingerprint density at radius 2 is 1.38 bits per heavy atom. The number of aliphatic hydroxyl groups is 1. The number of hydrogen-bond donors (Lipinski definition) is 1. The molecule has 0 unspecified atom stereocenters. The van der Waals surface area contributed by atoms with Gasteiger partial charge in [-0.15, -0.1) is 0 Å². The van der Waals surface area contributed by atoms with Gasteiger partial charge in [0.15, 0.2) is 0 Å². The molecule has 2 heteroatoms. The van der Waals surface area contributed by atoms with Crippen LogP contribution in [-0.4, -0.2) is 19.0 Å². The van der Waals surface area contributed by atoms with E-state index in [-0.39, 0.29) is 6.61 Å². The van der Waals surface area contributed by atoms with Crippen molar-refractivity contribution in [2.45, 2.75) is 33.4 Å². The van der Waals surface area contributed by atoms with E-state index < -0.39 is 0 Å². The van der Waals surface area contributed by atoms with Crippen molar-refractivity contribution in [2.24, 2.45) is 0 Å². The first-order valence-electron chi connectivity index (χ1n) is 3.44. The van der Waals surface area contributed by atoms with Crippen LogP contribution >= 0.6 is 0 Å². The minimum absolute atomic E-state index is 0.250. The Morgan fingerprint density at radius 1 is 1.12 bits per heavy atom. The van der Waals surface area contributed by atoms with Gasteiger partial charge in [0.1, 0.15) is 7.28 Å². The van der Waals surface area contributed by atoms with Crippen molar-refractivity contribution in [3.63, 3.8) is 0 Å². The molecule has 0 aromatic heterocycles. The SMILES string of the molecule is CCBCC.CCO. The molecule has 0 radical (unpaired) electrons. The Balaban J connectivity index is 0. The van der Waals surface area contributed by atoms with Gasteiger partial charge < -0.3 is 5.11 Å². The van der Waals surface area contributed by atoms with Crippen LogP contribution < -0.4 is 0 Å². The highest BCUT2D eigenvalue weighted by Crippen LogP contribution is 1.77. The minimum atomic E-state index is 0.250. The maximum Gasteiger partial charge on any atom is 0.120 e. The summed E-state index contributed by atoms with van der Waals surface area (Å²) in [5.74, 6) is 0. The van der Waals surface area contributed by atoms with Gasteiger partial charge in [-0.25, -0.2) is 0 Å². The highest BCUT2D eigenvalue weighted by atomic mass is 16.2. The van der Waals surface area contributed by atoms with Crippen molar-refractivity contribution in [1.82, 2.24) is 0 Å². The van der Waals surface area contributed by atoms with E-state index in [9.17, 15) is 0 Å². The van der Waals surface area contributed by atoms with E-state index in [1.165, 1.54) is 19.9 Å². The Hall–Kier alpha value is 0.0249. The zero-order chi connectivity index (χ0) is 6.83. The molecule has 0 heterocycles. The summed E-state index contributed by atoms with van der Waals surface area (Å²) in [7, 11) is 1.39. The Bertz CT molecular complexity index is 22.5. The first kappa shape index (κ1) is 10.9. The summed E-state index contributed by atoms with van der Waals surface area (Å²) in [6.45, 7) is 6.35. The van der Waals surface area contributed by atoms with E-state index >= 15 is 0 Å². The average molecular weight is 116 g/mol. The molecule has 0 aliphatic carbocycles. The molecule has 0 spiro atoms. The molecule has 0 atom stereocenters. The molecule has 0 saturated heterocycles. The monoisotopic (exact) mass is 116 g/mol. The highest BCUT2D eigenvalue weighted by Gasteiger charge is 1.73. The van der Waals surface area contributed by atoms with Crippen LogP contribution in [-0.2, 0) is 0 Å². The van der Waals surface area contributed by atoms with Crippen molar-refractivity contribution in [3.8, 4) is 0 Å². The van der Waals surface area contributed by atoms with Crippen LogP contribution in [0.2, 0.25) is 12.6 Å². The summed E-state index contributed by atoms with van der Waals surface area (Å²) in [4.78, 5) is 0. The van der Waals surface area contributed by atoms with Crippen LogP contribution in [0.15, 0.2) is 0 Å². The van der Waals surface area contributed by atoms with E-state index in [1.54, 1.807) is 6.92 Å². The minimum Gasteiger partial charge on any atom is -0.397 e. The zero-order valence-corrected chi connectivity index (χ0v) is 6.28. The number of aliphatic hydroxyl groups excluding tert-OH is 1. The van der Waals surface area contributed by atoms with Gasteiger partial charge in [0.25, 0.3) is 0 Å². The molecule has 0 aromatic carbocycles. The lowest BCUT2D eigenvalue weighted by Gasteiger charge is -1.75. The smallest absolute Gasteiger partial charge is 0.120 e. The molecule has 0 aliphatic rings. The zero-order valence-electron chi connectivity index (χ0n) is 6.28. The Kier molecular flexibility index (Phi) is 21.5. The molecule has 50 valence electrons. The highest BCUT2D eigenvalue weighted by molar-refractivity contribution is 6.34. The number of hydrogen-bond acceptors (Lipinski definition) is 1. The molecular weight excluding hydrogens is 98.9 g/mol. The molecule has 0 saturated carbocycles. The molecule has 8 heavy (non-hydrogen) atoms. The van der Waals surface area contributed by atoms with Crippen molar-refractivity contribution in [3.05, 3.63) is 0 Å². The Labute approximate surface area is 53.4 Å². The van der Waals surface area contributed by atoms with Gasteiger partial charge in [-0.3, -0.25) is 0 Å². The molecule has 0 bridgehead atoms. The van der Waals surface area contributed by atoms with Crippen LogP contribution in [0.1, 0.15) is 20.8 Å². The molecule has 0 aromatic rings. The lowest BCUT2D eigenvalue weighted by molar-refractivity contribution is 0.318. The second-order valence-corrected chi connectivity index (χ2v) is 1.67. The van der Waals surface area contributed by atoms with Gasteiger partial charge >= 0.3 is 0 Å². The molecular formula is C6H17BO. The maximum atomic E-state index is 7.57. The molecule has 0 rings (SSSR count).